The quantitative estimate of drug-likeness (QED) is 0.690. The lowest BCUT2D eigenvalue weighted by Gasteiger charge is -2.22. The van der Waals surface area contributed by atoms with E-state index >= 15 is 0 Å². The molecule has 0 amide bonds. The van der Waals surface area contributed by atoms with Gasteiger partial charge < -0.3 is 10.1 Å². The number of hydrogen-bond donors (Lipinski definition) is 1. The van der Waals surface area contributed by atoms with Crippen LogP contribution in [0.25, 0.3) is 0 Å². The van der Waals surface area contributed by atoms with Crippen molar-refractivity contribution in [3.05, 3.63) is 0 Å². The molecule has 3 nitrogen and oxygen atoms in total. The second-order valence-corrected chi connectivity index (χ2v) is 3.33. The van der Waals surface area contributed by atoms with Crippen LogP contribution < -0.4 is 5.32 Å². The number of carbonyl (C=O) groups excluding carboxylic acids is 1. The molecule has 0 bridgehead atoms. The fourth-order valence-corrected chi connectivity index (χ4v) is 0.463. The standard InChI is InChI=1S/C8H17NO2.C2H6/c1-6(2)11-7(10)8(3,4)9-5;1-2/h6,9H,1-5H3;1-2H3. The van der Waals surface area contributed by atoms with Gasteiger partial charge in [-0.25, -0.2) is 0 Å². The van der Waals surface area contributed by atoms with Crippen molar-refractivity contribution in [3.63, 3.8) is 0 Å². The van der Waals surface area contributed by atoms with Gasteiger partial charge in [0, 0.05) is 0 Å². The van der Waals surface area contributed by atoms with Gasteiger partial charge in [0.05, 0.1) is 6.10 Å². The summed E-state index contributed by atoms with van der Waals surface area (Å²) in [6.45, 7) is 11.3. The van der Waals surface area contributed by atoms with Crippen LogP contribution in [0.4, 0.5) is 0 Å². The molecule has 0 fully saturated rings. The second kappa shape index (κ2) is 6.89. The molecule has 0 aliphatic carbocycles. The molecule has 0 aromatic carbocycles. The Bertz CT molecular complexity index is 142. The molecule has 0 atom stereocenters. The van der Waals surface area contributed by atoms with E-state index in [1.165, 1.54) is 0 Å². The molecule has 0 saturated heterocycles. The number of nitrogens with one attached hydrogen (secondary N) is 1. The molecule has 80 valence electrons. The highest BCUT2D eigenvalue weighted by Crippen LogP contribution is 2.05. The summed E-state index contributed by atoms with van der Waals surface area (Å²) in [5, 5.41) is 2.87. The molecule has 0 aliphatic rings. The van der Waals surface area contributed by atoms with Crippen molar-refractivity contribution in [2.75, 3.05) is 7.05 Å². The molecule has 0 aromatic rings. The van der Waals surface area contributed by atoms with E-state index in [1.54, 1.807) is 20.9 Å². The summed E-state index contributed by atoms with van der Waals surface area (Å²) in [6.07, 6.45) is -0.0462. The van der Waals surface area contributed by atoms with Gasteiger partial charge in [0.2, 0.25) is 0 Å². The molecule has 0 saturated carbocycles. The maximum Gasteiger partial charge on any atom is 0.325 e. The van der Waals surface area contributed by atoms with Gasteiger partial charge in [-0.05, 0) is 34.7 Å². The Morgan fingerprint density at radius 2 is 1.69 bits per heavy atom. The lowest BCUT2D eigenvalue weighted by molar-refractivity contribution is -0.153. The van der Waals surface area contributed by atoms with Crippen molar-refractivity contribution >= 4 is 5.97 Å². The van der Waals surface area contributed by atoms with Gasteiger partial charge in [-0.15, -0.1) is 0 Å². The van der Waals surface area contributed by atoms with Crippen LogP contribution in [0.2, 0.25) is 0 Å². The molecule has 0 unspecified atom stereocenters. The fraction of sp³-hybridized carbons (Fsp3) is 0.900. The zero-order chi connectivity index (χ0) is 11.1. The third-order valence-electron chi connectivity index (χ3n) is 1.48. The van der Waals surface area contributed by atoms with Gasteiger partial charge in [0.25, 0.3) is 0 Å². The van der Waals surface area contributed by atoms with Gasteiger partial charge >= 0.3 is 5.97 Å². The van der Waals surface area contributed by atoms with Crippen molar-refractivity contribution < 1.29 is 9.53 Å². The van der Waals surface area contributed by atoms with Crippen LogP contribution >= 0.6 is 0 Å². The molecule has 0 aromatic heterocycles. The van der Waals surface area contributed by atoms with Gasteiger partial charge in [0.1, 0.15) is 5.54 Å². The smallest absolute Gasteiger partial charge is 0.325 e. The molecular formula is C10H23NO2. The lowest BCUT2D eigenvalue weighted by Crippen LogP contribution is -2.46. The number of likely N-dealkylation sites (N-methyl/N-ethyl adjacent to an activating group) is 1. The van der Waals surface area contributed by atoms with Crippen LogP contribution in [0.5, 0.6) is 0 Å². The van der Waals surface area contributed by atoms with Crippen LogP contribution in [-0.2, 0) is 9.53 Å². The first-order chi connectivity index (χ1) is 5.90. The molecule has 0 heterocycles. The monoisotopic (exact) mass is 189 g/mol. The normalized spacial score (nSPS) is 10.5. The highest BCUT2D eigenvalue weighted by molar-refractivity contribution is 5.79. The highest BCUT2D eigenvalue weighted by atomic mass is 16.5. The number of esters is 1. The molecule has 0 aliphatic heterocycles. The molecular weight excluding hydrogens is 166 g/mol. The Hall–Kier alpha value is -0.570. The lowest BCUT2D eigenvalue weighted by atomic mass is 10.1. The largest absolute Gasteiger partial charge is 0.462 e. The average Bonchev–Trinajstić information content (AvgIpc) is 2.07. The maximum absolute atomic E-state index is 11.2. The Labute approximate surface area is 81.9 Å². The highest BCUT2D eigenvalue weighted by Gasteiger charge is 2.27. The van der Waals surface area contributed by atoms with Crippen LogP contribution in [0, 0.1) is 0 Å². The average molecular weight is 189 g/mol. The Kier molecular flexibility index (Phi) is 7.92. The van der Waals surface area contributed by atoms with Crippen LogP contribution in [0.1, 0.15) is 41.5 Å². The molecule has 0 spiro atoms. The van der Waals surface area contributed by atoms with E-state index in [0.29, 0.717) is 0 Å². The van der Waals surface area contributed by atoms with E-state index in [2.05, 4.69) is 5.32 Å². The summed E-state index contributed by atoms with van der Waals surface area (Å²) in [4.78, 5) is 11.2. The topological polar surface area (TPSA) is 38.3 Å². The third kappa shape index (κ3) is 6.58. The van der Waals surface area contributed by atoms with E-state index in [1.807, 2.05) is 27.7 Å². The van der Waals surface area contributed by atoms with Gasteiger partial charge in [0.15, 0.2) is 0 Å². The summed E-state index contributed by atoms with van der Waals surface area (Å²) < 4.78 is 5.00. The zero-order valence-corrected chi connectivity index (χ0v) is 9.89. The third-order valence-corrected chi connectivity index (χ3v) is 1.48. The minimum absolute atomic E-state index is 0.0462. The maximum atomic E-state index is 11.2. The van der Waals surface area contributed by atoms with Gasteiger partial charge in [-0.3, -0.25) is 4.79 Å². The Morgan fingerprint density at radius 3 is 1.92 bits per heavy atom. The van der Waals surface area contributed by atoms with Crippen molar-refractivity contribution in [2.24, 2.45) is 0 Å². The summed E-state index contributed by atoms with van der Waals surface area (Å²) >= 11 is 0. The molecule has 0 rings (SSSR count). The zero-order valence-electron chi connectivity index (χ0n) is 9.89. The number of carbonyl (C=O) groups is 1. The minimum Gasteiger partial charge on any atom is -0.462 e. The van der Waals surface area contributed by atoms with Crippen LogP contribution in [0.15, 0.2) is 0 Å². The predicted molar refractivity (Wildman–Crippen MR) is 55.7 cm³/mol. The first-order valence-electron chi connectivity index (χ1n) is 4.80. The summed E-state index contributed by atoms with van der Waals surface area (Å²) in [7, 11) is 1.74. The first-order valence-corrected chi connectivity index (χ1v) is 4.80. The van der Waals surface area contributed by atoms with Gasteiger partial charge in [-0.1, -0.05) is 13.8 Å². The minimum atomic E-state index is -0.579. The van der Waals surface area contributed by atoms with Crippen molar-refractivity contribution in [1.82, 2.24) is 5.32 Å². The van der Waals surface area contributed by atoms with Crippen molar-refractivity contribution in [1.29, 1.82) is 0 Å². The van der Waals surface area contributed by atoms with Crippen molar-refractivity contribution in [2.45, 2.75) is 53.2 Å². The van der Waals surface area contributed by atoms with Gasteiger partial charge in [-0.2, -0.15) is 0 Å². The van der Waals surface area contributed by atoms with E-state index in [0.717, 1.165) is 0 Å². The SMILES string of the molecule is CC.CNC(C)(C)C(=O)OC(C)C. The first kappa shape index (κ1) is 14.9. The fourth-order valence-electron chi connectivity index (χ4n) is 0.463. The van der Waals surface area contributed by atoms with E-state index in [9.17, 15) is 4.79 Å². The Balaban J connectivity index is 0. The van der Waals surface area contributed by atoms with Crippen LogP contribution in [0.3, 0.4) is 0 Å². The van der Waals surface area contributed by atoms with Crippen molar-refractivity contribution in [3.8, 4) is 0 Å². The molecule has 3 heteroatoms. The van der Waals surface area contributed by atoms with E-state index in [-0.39, 0.29) is 12.1 Å². The predicted octanol–water partition coefficient (Wildman–Crippen LogP) is 1.96. The van der Waals surface area contributed by atoms with E-state index in [4.69, 9.17) is 4.74 Å². The summed E-state index contributed by atoms with van der Waals surface area (Å²) in [5.41, 5.74) is -0.579. The molecule has 1 N–H and O–H groups in total. The van der Waals surface area contributed by atoms with E-state index < -0.39 is 5.54 Å². The number of ether oxygens (including phenoxy) is 1. The molecule has 13 heavy (non-hydrogen) atoms. The number of rotatable bonds is 3. The summed E-state index contributed by atoms with van der Waals surface area (Å²) in [5.74, 6) is -0.213. The number of hydrogen-bond acceptors (Lipinski definition) is 3. The molecule has 0 radical (unpaired) electrons. The second-order valence-electron chi connectivity index (χ2n) is 3.33. The summed E-state index contributed by atoms with van der Waals surface area (Å²) in [6, 6.07) is 0. The van der Waals surface area contributed by atoms with Crippen LogP contribution in [-0.4, -0.2) is 24.7 Å². The Morgan fingerprint density at radius 1 is 1.31 bits per heavy atom.